The standard InChI is InChI=1S/C23H28FNO2/c1-5-23(26,14-18-12-16-8-6-7-9-20(16)25-18)15-22(2,3)19-13-17(24)10-11-21(19)27-4/h6-13,25-26H,5,14-15H2,1-4H3. The fourth-order valence-corrected chi connectivity index (χ4v) is 4.02. The molecule has 1 heterocycles. The Balaban J connectivity index is 1.88. The Morgan fingerprint density at radius 3 is 2.52 bits per heavy atom. The van der Waals surface area contributed by atoms with Gasteiger partial charge in [-0.1, -0.05) is 39.0 Å². The number of aliphatic hydroxyl groups is 1. The Kier molecular flexibility index (Phi) is 5.29. The number of para-hydroxylation sites is 1. The quantitative estimate of drug-likeness (QED) is 0.588. The van der Waals surface area contributed by atoms with Gasteiger partial charge in [-0.25, -0.2) is 4.39 Å². The van der Waals surface area contributed by atoms with Gasteiger partial charge in [0.1, 0.15) is 11.6 Å². The smallest absolute Gasteiger partial charge is 0.123 e. The Hall–Kier alpha value is -2.33. The average molecular weight is 369 g/mol. The molecule has 0 aliphatic heterocycles. The summed E-state index contributed by atoms with van der Waals surface area (Å²) in [6, 6.07) is 14.7. The van der Waals surface area contributed by atoms with Gasteiger partial charge in [-0.05, 0) is 54.0 Å². The summed E-state index contributed by atoms with van der Waals surface area (Å²) in [6.07, 6.45) is 1.61. The molecule has 4 heteroatoms. The first-order valence-electron chi connectivity index (χ1n) is 9.39. The molecule has 0 fully saturated rings. The highest BCUT2D eigenvalue weighted by molar-refractivity contribution is 5.80. The summed E-state index contributed by atoms with van der Waals surface area (Å²) >= 11 is 0. The number of hydrogen-bond donors (Lipinski definition) is 2. The molecular formula is C23H28FNO2. The molecule has 0 saturated heterocycles. The first-order valence-corrected chi connectivity index (χ1v) is 9.39. The molecule has 144 valence electrons. The second-order valence-electron chi connectivity index (χ2n) is 8.04. The zero-order valence-electron chi connectivity index (χ0n) is 16.5. The highest BCUT2D eigenvalue weighted by Gasteiger charge is 2.36. The Morgan fingerprint density at radius 1 is 1.11 bits per heavy atom. The van der Waals surface area contributed by atoms with Crippen LogP contribution in [0.3, 0.4) is 0 Å². The van der Waals surface area contributed by atoms with Crippen LogP contribution >= 0.6 is 0 Å². The van der Waals surface area contributed by atoms with E-state index in [0.717, 1.165) is 22.2 Å². The summed E-state index contributed by atoms with van der Waals surface area (Å²) in [4.78, 5) is 3.40. The van der Waals surface area contributed by atoms with Gasteiger partial charge in [0.2, 0.25) is 0 Å². The van der Waals surface area contributed by atoms with Gasteiger partial charge >= 0.3 is 0 Å². The van der Waals surface area contributed by atoms with Crippen LogP contribution in [-0.2, 0) is 11.8 Å². The first-order chi connectivity index (χ1) is 12.8. The van der Waals surface area contributed by atoms with E-state index in [9.17, 15) is 9.50 Å². The van der Waals surface area contributed by atoms with Gasteiger partial charge in [-0.3, -0.25) is 0 Å². The number of ether oxygens (including phenoxy) is 1. The Morgan fingerprint density at radius 2 is 1.85 bits per heavy atom. The maximum atomic E-state index is 13.9. The minimum atomic E-state index is -0.915. The molecular weight excluding hydrogens is 341 g/mol. The molecule has 0 spiro atoms. The molecule has 0 aliphatic carbocycles. The molecule has 0 saturated carbocycles. The average Bonchev–Trinajstić information content (AvgIpc) is 3.03. The van der Waals surface area contributed by atoms with Gasteiger partial charge in [-0.2, -0.15) is 0 Å². The largest absolute Gasteiger partial charge is 0.496 e. The van der Waals surface area contributed by atoms with Crippen LogP contribution in [0, 0.1) is 5.82 Å². The highest BCUT2D eigenvalue weighted by Crippen LogP contribution is 2.40. The van der Waals surface area contributed by atoms with Gasteiger partial charge in [0.25, 0.3) is 0 Å². The van der Waals surface area contributed by atoms with E-state index in [1.807, 2.05) is 39.0 Å². The van der Waals surface area contributed by atoms with Crippen LogP contribution in [0.25, 0.3) is 10.9 Å². The predicted molar refractivity (Wildman–Crippen MR) is 108 cm³/mol. The number of fused-ring (bicyclic) bond motifs is 1. The van der Waals surface area contributed by atoms with Crippen LogP contribution in [0.15, 0.2) is 48.5 Å². The van der Waals surface area contributed by atoms with Crippen molar-refractivity contribution in [1.29, 1.82) is 0 Å². The van der Waals surface area contributed by atoms with E-state index in [1.165, 1.54) is 12.1 Å². The van der Waals surface area contributed by atoms with Crippen LogP contribution < -0.4 is 4.74 Å². The second kappa shape index (κ2) is 7.35. The van der Waals surface area contributed by atoms with Crippen molar-refractivity contribution >= 4 is 10.9 Å². The fourth-order valence-electron chi connectivity index (χ4n) is 4.02. The topological polar surface area (TPSA) is 45.2 Å². The summed E-state index contributed by atoms with van der Waals surface area (Å²) in [7, 11) is 1.59. The summed E-state index contributed by atoms with van der Waals surface area (Å²) in [5.41, 5.74) is 1.47. The molecule has 3 rings (SSSR count). The van der Waals surface area contributed by atoms with Gasteiger partial charge in [0, 0.05) is 23.2 Å². The first kappa shape index (κ1) is 19.4. The Labute approximate surface area is 160 Å². The lowest BCUT2D eigenvalue weighted by atomic mass is 9.72. The third kappa shape index (κ3) is 4.16. The third-order valence-corrected chi connectivity index (χ3v) is 5.43. The summed E-state index contributed by atoms with van der Waals surface area (Å²) in [6.45, 7) is 6.04. The van der Waals surface area contributed by atoms with Crippen LogP contribution in [-0.4, -0.2) is 22.8 Å². The second-order valence-corrected chi connectivity index (χ2v) is 8.04. The molecule has 0 aliphatic rings. The molecule has 1 aromatic heterocycles. The van der Waals surface area contributed by atoms with Crippen molar-refractivity contribution in [1.82, 2.24) is 4.98 Å². The minimum Gasteiger partial charge on any atom is -0.496 e. The number of aromatic amines is 1. The molecule has 3 aromatic rings. The SMILES string of the molecule is CCC(O)(Cc1cc2ccccc2[nH]1)CC(C)(C)c1cc(F)ccc1OC. The zero-order valence-corrected chi connectivity index (χ0v) is 16.5. The summed E-state index contributed by atoms with van der Waals surface area (Å²) in [5, 5.41) is 12.5. The highest BCUT2D eigenvalue weighted by atomic mass is 19.1. The number of hydrogen-bond acceptors (Lipinski definition) is 2. The fraction of sp³-hybridized carbons (Fsp3) is 0.391. The van der Waals surface area contributed by atoms with Gasteiger partial charge in [0.05, 0.1) is 12.7 Å². The summed E-state index contributed by atoms with van der Waals surface area (Å²) < 4.78 is 19.3. The van der Waals surface area contributed by atoms with Gasteiger partial charge < -0.3 is 14.8 Å². The van der Waals surface area contributed by atoms with Gasteiger partial charge in [-0.15, -0.1) is 0 Å². The molecule has 2 N–H and O–H groups in total. The molecule has 0 radical (unpaired) electrons. The molecule has 3 nitrogen and oxygen atoms in total. The maximum absolute atomic E-state index is 13.9. The lowest BCUT2D eigenvalue weighted by Crippen LogP contribution is -2.38. The predicted octanol–water partition coefficient (Wildman–Crippen LogP) is 5.37. The zero-order chi connectivity index (χ0) is 19.7. The minimum absolute atomic E-state index is 0.297. The lowest BCUT2D eigenvalue weighted by molar-refractivity contribution is 0.00854. The molecule has 1 unspecified atom stereocenters. The maximum Gasteiger partial charge on any atom is 0.123 e. The van der Waals surface area contributed by atoms with E-state index < -0.39 is 11.0 Å². The van der Waals surface area contributed by atoms with E-state index in [-0.39, 0.29) is 5.82 Å². The van der Waals surface area contributed by atoms with Crippen molar-refractivity contribution in [2.75, 3.05) is 7.11 Å². The molecule has 0 bridgehead atoms. The number of halogens is 1. The number of rotatable bonds is 7. The van der Waals surface area contributed by atoms with Crippen molar-refractivity contribution in [2.24, 2.45) is 0 Å². The number of aromatic nitrogens is 1. The van der Waals surface area contributed by atoms with E-state index in [1.54, 1.807) is 13.2 Å². The van der Waals surface area contributed by atoms with Crippen LogP contribution in [0.4, 0.5) is 4.39 Å². The number of nitrogens with one attached hydrogen (secondary N) is 1. The van der Waals surface area contributed by atoms with Crippen molar-refractivity contribution in [3.63, 3.8) is 0 Å². The molecule has 27 heavy (non-hydrogen) atoms. The van der Waals surface area contributed by atoms with E-state index >= 15 is 0 Å². The van der Waals surface area contributed by atoms with E-state index in [0.29, 0.717) is 25.0 Å². The summed E-state index contributed by atoms with van der Waals surface area (Å²) in [5.74, 6) is 0.347. The Bertz CT molecular complexity index is 898. The van der Waals surface area contributed by atoms with Crippen molar-refractivity contribution in [3.05, 3.63) is 65.6 Å². The van der Waals surface area contributed by atoms with Crippen LogP contribution in [0.1, 0.15) is 44.9 Å². The monoisotopic (exact) mass is 369 g/mol. The molecule has 2 aromatic carbocycles. The van der Waals surface area contributed by atoms with Crippen molar-refractivity contribution in [3.8, 4) is 5.75 Å². The normalized spacial score (nSPS) is 14.3. The van der Waals surface area contributed by atoms with Crippen molar-refractivity contribution < 1.29 is 14.2 Å². The van der Waals surface area contributed by atoms with Gasteiger partial charge in [0.15, 0.2) is 0 Å². The molecule has 0 amide bonds. The third-order valence-electron chi connectivity index (χ3n) is 5.43. The van der Waals surface area contributed by atoms with Crippen molar-refractivity contribution in [2.45, 2.75) is 51.0 Å². The lowest BCUT2D eigenvalue weighted by Gasteiger charge is -2.36. The van der Waals surface area contributed by atoms with E-state index in [2.05, 4.69) is 17.1 Å². The van der Waals surface area contributed by atoms with Crippen LogP contribution in [0.5, 0.6) is 5.75 Å². The number of H-pyrrole nitrogens is 1. The van der Waals surface area contributed by atoms with E-state index in [4.69, 9.17) is 4.74 Å². The number of benzene rings is 2. The molecule has 1 atom stereocenters. The number of methoxy groups -OCH3 is 1. The van der Waals surface area contributed by atoms with Crippen LogP contribution in [0.2, 0.25) is 0 Å².